The lowest BCUT2D eigenvalue weighted by Crippen LogP contribution is -2.35. The van der Waals surface area contributed by atoms with E-state index in [1.54, 1.807) is 14.0 Å². The fourth-order valence-corrected chi connectivity index (χ4v) is 5.19. The number of sulfonamides is 1. The molecular weight excluding hydrogens is 444 g/mol. The van der Waals surface area contributed by atoms with Gasteiger partial charge >= 0.3 is 0 Å². The molecule has 0 aromatic carbocycles. The second kappa shape index (κ2) is 8.61. The van der Waals surface area contributed by atoms with E-state index >= 15 is 0 Å². The van der Waals surface area contributed by atoms with Crippen molar-refractivity contribution in [2.75, 3.05) is 25.5 Å². The van der Waals surface area contributed by atoms with E-state index in [1.165, 1.54) is 19.5 Å². The summed E-state index contributed by atoms with van der Waals surface area (Å²) in [5.41, 5.74) is -0.301. The van der Waals surface area contributed by atoms with Crippen molar-refractivity contribution in [1.29, 1.82) is 0 Å². The van der Waals surface area contributed by atoms with E-state index in [1.807, 2.05) is 4.57 Å². The van der Waals surface area contributed by atoms with Crippen molar-refractivity contribution < 1.29 is 17.9 Å². The van der Waals surface area contributed by atoms with E-state index in [0.717, 1.165) is 37.9 Å². The van der Waals surface area contributed by atoms with Crippen LogP contribution in [0.3, 0.4) is 0 Å². The van der Waals surface area contributed by atoms with Crippen LogP contribution in [0.25, 0.3) is 0 Å². The quantitative estimate of drug-likeness (QED) is 0.562. The number of hydrogen-bond acceptors (Lipinski definition) is 8. The zero-order chi connectivity index (χ0) is 22.2. The van der Waals surface area contributed by atoms with Crippen molar-refractivity contribution in [3.8, 4) is 0 Å². The summed E-state index contributed by atoms with van der Waals surface area (Å²) in [6.45, 7) is 2.03. The predicted molar refractivity (Wildman–Crippen MR) is 114 cm³/mol. The topological polar surface area (TPSA) is 121 Å². The first-order valence-electron chi connectivity index (χ1n) is 10.3. The third kappa shape index (κ3) is 4.28. The number of halogens is 1. The van der Waals surface area contributed by atoms with Gasteiger partial charge in [0.1, 0.15) is 17.2 Å². The van der Waals surface area contributed by atoms with Crippen molar-refractivity contribution in [2.24, 2.45) is 0 Å². The molecule has 0 bridgehead atoms. The molecule has 10 nitrogen and oxygen atoms in total. The van der Waals surface area contributed by atoms with Gasteiger partial charge in [-0.25, -0.2) is 18.4 Å². The lowest BCUT2D eigenvalue weighted by Gasteiger charge is -2.29. The molecule has 12 heteroatoms. The molecule has 2 unspecified atom stereocenters. The lowest BCUT2D eigenvalue weighted by atomic mass is 9.84. The molecule has 0 aliphatic heterocycles. The van der Waals surface area contributed by atoms with Crippen LogP contribution in [0.15, 0.2) is 12.4 Å². The van der Waals surface area contributed by atoms with Gasteiger partial charge < -0.3 is 9.47 Å². The molecule has 4 rings (SSSR count). The summed E-state index contributed by atoms with van der Waals surface area (Å²) < 4.78 is 42.0. The summed E-state index contributed by atoms with van der Waals surface area (Å²) in [6.07, 6.45) is 6.92. The second-order valence-electron chi connectivity index (χ2n) is 8.27. The SMILES string of the molecule is COCC1(n2c(NS(=O)(=O)C(C)C(OC)c3ncc(Cl)cn3)nnc2C2CCC2)CC1. The van der Waals surface area contributed by atoms with Gasteiger partial charge in [0.2, 0.25) is 16.0 Å². The van der Waals surface area contributed by atoms with Crippen molar-refractivity contribution in [3.05, 3.63) is 29.1 Å². The Balaban J connectivity index is 1.63. The van der Waals surface area contributed by atoms with E-state index in [-0.39, 0.29) is 17.3 Å². The number of methoxy groups -OCH3 is 2. The van der Waals surface area contributed by atoms with Gasteiger partial charge in [0, 0.05) is 32.5 Å². The maximum Gasteiger partial charge on any atom is 0.240 e. The van der Waals surface area contributed by atoms with Crippen LogP contribution in [-0.2, 0) is 25.0 Å². The van der Waals surface area contributed by atoms with Crippen molar-refractivity contribution in [3.63, 3.8) is 0 Å². The van der Waals surface area contributed by atoms with Gasteiger partial charge in [-0.1, -0.05) is 18.0 Å². The van der Waals surface area contributed by atoms with Gasteiger partial charge in [0.05, 0.1) is 17.2 Å². The van der Waals surface area contributed by atoms with Gasteiger partial charge in [-0.2, -0.15) is 0 Å². The van der Waals surface area contributed by atoms with Gasteiger partial charge in [-0.15, -0.1) is 10.2 Å². The zero-order valence-corrected chi connectivity index (χ0v) is 19.4. The predicted octanol–water partition coefficient (Wildman–Crippen LogP) is 2.64. The summed E-state index contributed by atoms with van der Waals surface area (Å²) >= 11 is 5.85. The third-order valence-electron chi connectivity index (χ3n) is 6.17. The highest BCUT2D eigenvalue weighted by molar-refractivity contribution is 7.93. The zero-order valence-electron chi connectivity index (χ0n) is 17.8. The van der Waals surface area contributed by atoms with Crippen LogP contribution < -0.4 is 4.72 Å². The molecular formula is C19H27ClN6O4S. The number of rotatable bonds is 10. The maximum absolute atomic E-state index is 13.3. The minimum absolute atomic E-state index is 0.218. The average Bonchev–Trinajstić information content (AvgIpc) is 3.36. The third-order valence-corrected chi connectivity index (χ3v) is 8.06. The smallest absolute Gasteiger partial charge is 0.240 e. The molecule has 31 heavy (non-hydrogen) atoms. The Kier molecular flexibility index (Phi) is 6.21. The van der Waals surface area contributed by atoms with Crippen LogP contribution >= 0.6 is 11.6 Å². The molecule has 2 aliphatic carbocycles. The Hall–Kier alpha value is -1.82. The van der Waals surface area contributed by atoms with E-state index in [0.29, 0.717) is 17.5 Å². The highest BCUT2D eigenvalue weighted by atomic mass is 35.5. The number of nitrogens with one attached hydrogen (secondary N) is 1. The van der Waals surface area contributed by atoms with E-state index in [4.69, 9.17) is 21.1 Å². The minimum atomic E-state index is -3.91. The first kappa shape index (κ1) is 22.4. The highest BCUT2D eigenvalue weighted by Crippen LogP contribution is 2.49. The Labute approximate surface area is 186 Å². The molecule has 170 valence electrons. The molecule has 2 atom stereocenters. The molecule has 2 fully saturated rings. The summed E-state index contributed by atoms with van der Waals surface area (Å²) in [6, 6.07) is 0. The van der Waals surface area contributed by atoms with Crippen LogP contribution in [0, 0.1) is 0 Å². The fraction of sp³-hybridized carbons (Fsp3) is 0.684. The van der Waals surface area contributed by atoms with E-state index in [2.05, 4.69) is 24.9 Å². The number of nitrogens with zero attached hydrogens (tertiary/aromatic N) is 5. The first-order chi connectivity index (χ1) is 14.8. The fourth-order valence-electron chi connectivity index (χ4n) is 3.97. The molecule has 2 aliphatic rings. The van der Waals surface area contributed by atoms with Crippen molar-refractivity contribution >= 4 is 27.6 Å². The standard InChI is InChI=1S/C19H27ClN6O4S/c1-12(15(30-3)16-21-9-14(20)10-22-16)31(27,28)25-18-24-23-17(13-5-4-6-13)26(18)19(7-8-19)11-29-2/h9-10,12-13,15H,4-8,11H2,1-3H3,(H,24,25). The highest BCUT2D eigenvalue weighted by Gasteiger charge is 2.49. The molecule has 2 saturated carbocycles. The van der Waals surface area contributed by atoms with Gasteiger partial charge in [-0.05, 0) is 32.6 Å². The van der Waals surface area contributed by atoms with E-state index in [9.17, 15) is 8.42 Å². The molecule has 0 spiro atoms. The van der Waals surface area contributed by atoms with Crippen molar-refractivity contribution in [1.82, 2.24) is 24.7 Å². The van der Waals surface area contributed by atoms with Crippen LogP contribution in [0.4, 0.5) is 5.95 Å². The lowest BCUT2D eigenvalue weighted by molar-refractivity contribution is 0.0950. The number of hydrogen-bond donors (Lipinski definition) is 1. The molecule has 0 amide bonds. The normalized spacial score (nSPS) is 20.1. The van der Waals surface area contributed by atoms with Gasteiger partial charge in [-0.3, -0.25) is 9.29 Å². The van der Waals surface area contributed by atoms with E-state index < -0.39 is 21.4 Å². The minimum Gasteiger partial charge on any atom is -0.382 e. The number of ether oxygens (including phenoxy) is 2. The molecule has 1 N–H and O–H groups in total. The van der Waals surface area contributed by atoms with Crippen LogP contribution in [0.1, 0.15) is 62.7 Å². The maximum atomic E-state index is 13.3. The molecule has 2 aromatic rings. The second-order valence-corrected chi connectivity index (χ2v) is 10.7. The number of anilines is 1. The van der Waals surface area contributed by atoms with Gasteiger partial charge in [0.25, 0.3) is 0 Å². The number of aromatic nitrogens is 5. The summed E-state index contributed by atoms with van der Waals surface area (Å²) in [7, 11) is -0.838. The summed E-state index contributed by atoms with van der Waals surface area (Å²) in [5, 5.41) is 7.95. The van der Waals surface area contributed by atoms with Crippen LogP contribution in [0.2, 0.25) is 5.02 Å². The summed E-state index contributed by atoms with van der Waals surface area (Å²) in [5.74, 6) is 1.58. The Morgan fingerprint density at radius 1 is 1.26 bits per heavy atom. The molecule has 2 heterocycles. The Morgan fingerprint density at radius 2 is 1.94 bits per heavy atom. The molecule has 0 radical (unpaired) electrons. The Morgan fingerprint density at radius 3 is 2.45 bits per heavy atom. The first-order valence-corrected chi connectivity index (χ1v) is 12.2. The van der Waals surface area contributed by atoms with Gasteiger partial charge in [0.15, 0.2) is 5.82 Å². The molecule has 0 saturated heterocycles. The average molecular weight is 471 g/mol. The summed E-state index contributed by atoms with van der Waals surface area (Å²) in [4.78, 5) is 8.24. The van der Waals surface area contributed by atoms with Crippen LogP contribution in [-0.4, -0.2) is 59.2 Å². The van der Waals surface area contributed by atoms with Crippen LogP contribution in [0.5, 0.6) is 0 Å². The van der Waals surface area contributed by atoms with Crippen molar-refractivity contribution in [2.45, 2.75) is 61.8 Å². The monoisotopic (exact) mass is 470 g/mol. The Bertz CT molecular complexity index is 1020. The largest absolute Gasteiger partial charge is 0.382 e. The molecule has 2 aromatic heterocycles.